The lowest BCUT2D eigenvalue weighted by molar-refractivity contribution is 0.0943. The molecule has 0 aliphatic heterocycles. The number of pyridine rings is 1. The minimum absolute atomic E-state index is 0.0702. The summed E-state index contributed by atoms with van der Waals surface area (Å²) < 4.78 is 10.5. The molecule has 0 saturated carbocycles. The van der Waals surface area contributed by atoms with Gasteiger partial charge in [-0.05, 0) is 32.0 Å². The zero-order chi connectivity index (χ0) is 16.8. The highest BCUT2D eigenvalue weighted by atomic mass is 16.5. The number of carbonyl (C=O) groups is 1. The Bertz CT molecular complexity index is 687. The Kier molecular flexibility index (Phi) is 5.41. The van der Waals surface area contributed by atoms with Crippen molar-refractivity contribution >= 4 is 17.3 Å². The van der Waals surface area contributed by atoms with Crippen LogP contribution in [0.25, 0.3) is 0 Å². The topological polar surface area (TPSA) is 72.5 Å². The standard InChI is InChI=1S/C17H21N3O3/c1-11(2)19-17(21)12-7-13(10-18-9-12)20-15-6-5-14(22-3)8-16(15)23-4/h5-11,20H,1-4H3,(H,19,21). The Labute approximate surface area is 135 Å². The van der Waals surface area contributed by atoms with E-state index in [0.29, 0.717) is 22.7 Å². The normalized spacial score (nSPS) is 10.3. The number of nitrogens with zero attached hydrogens (tertiary/aromatic N) is 1. The second-order valence-corrected chi connectivity index (χ2v) is 5.28. The molecule has 0 atom stereocenters. The monoisotopic (exact) mass is 315 g/mol. The highest BCUT2D eigenvalue weighted by Gasteiger charge is 2.10. The fourth-order valence-electron chi connectivity index (χ4n) is 2.04. The van der Waals surface area contributed by atoms with Crippen LogP contribution in [0.4, 0.5) is 11.4 Å². The highest BCUT2D eigenvalue weighted by molar-refractivity contribution is 5.95. The van der Waals surface area contributed by atoms with E-state index < -0.39 is 0 Å². The first-order valence-electron chi connectivity index (χ1n) is 7.28. The molecule has 0 aliphatic rings. The molecule has 2 N–H and O–H groups in total. The molecule has 122 valence electrons. The minimum Gasteiger partial charge on any atom is -0.497 e. The second-order valence-electron chi connectivity index (χ2n) is 5.28. The summed E-state index contributed by atoms with van der Waals surface area (Å²) in [5.41, 5.74) is 1.96. The number of ether oxygens (including phenoxy) is 2. The number of hydrogen-bond donors (Lipinski definition) is 2. The predicted octanol–water partition coefficient (Wildman–Crippen LogP) is 2.98. The Balaban J connectivity index is 2.22. The van der Waals surface area contributed by atoms with Gasteiger partial charge in [-0.15, -0.1) is 0 Å². The van der Waals surface area contributed by atoms with Crippen molar-refractivity contribution in [3.63, 3.8) is 0 Å². The van der Waals surface area contributed by atoms with Crippen LogP contribution in [-0.2, 0) is 0 Å². The molecule has 1 heterocycles. The summed E-state index contributed by atoms with van der Waals surface area (Å²) in [6.07, 6.45) is 3.18. The number of hydrogen-bond acceptors (Lipinski definition) is 5. The van der Waals surface area contributed by atoms with E-state index in [1.165, 1.54) is 6.20 Å². The lowest BCUT2D eigenvalue weighted by atomic mass is 10.2. The van der Waals surface area contributed by atoms with Crippen LogP contribution in [0.2, 0.25) is 0 Å². The molecule has 2 rings (SSSR count). The van der Waals surface area contributed by atoms with Crippen molar-refractivity contribution in [1.82, 2.24) is 10.3 Å². The van der Waals surface area contributed by atoms with Gasteiger partial charge >= 0.3 is 0 Å². The zero-order valence-corrected chi connectivity index (χ0v) is 13.7. The summed E-state index contributed by atoms with van der Waals surface area (Å²) in [6, 6.07) is 7.27. The molecule has 23 heavy (non-hydrogen) atoms. The van der Waals surface area contributed by atoms with Gasteiger partial charge in [0.15, 0.2) is 0 Å². The maximum absolute atomic E-state index is 12.0. The zero-order valence-electron chi connectivity index (χ0n) is 13.7. The van der Waals surface area contributed by atoms with Crippen molar-refractivity contribution in [2.75, 3.05) is 19.5 Å². The van der Waals surface area contributed by atoms with Crippen molar-refractivity contribution in [2.45, 2.75) is 19.9 Å². The molecular weight excluding hydrogens is 294 g/mol. The molecule has 0 bridgehead atoms. The molecular formula is C17H21N3O3. The van der Waals surface area contributed by atoms with E-state index in [1.54, 1.807) is 32.5 Å². The van der Waals surface area contributed by atoms with Gasteiger partial charge in [0.25, 0.3) is 5.91 Å². The van der Waals surface area contributed by atoms with Gasteiger partial charge in [0.05, 0.1) is 37.4 Å². The van der Waals surface area contributed by atoms with Crippen molar-refractivity contribution < 1.29 is 14.3 Å². The number of methoxy groups -OCH3 is 2. The fourth-order valence-corrected chi connectivity index (χ4v) is 2.04. The van der Waals surface area contributed by atoms with E-state index in [4.69, 9.17) is 9.47 Å². The summed E-state index contributed by atoms with van der Waals surface area (Å²) >= 11 is 0. The summed E-state index contributed by atoms with van der Waals surface area (Å²) in [5.74, 6) is 1.19. The van der Waals surface area contributed by atoms with Gasteiger partial charge in [-0.25, -0.2) is 0 Å². The van der Waals surface area contributed by atoms with Crippen LogP contribution in [-0.4, -0.2) is 31.2 Å². The predicted molar refractivity (Wildman–Crippen MR) is 89.7 cm³/mol. The van der Waals surface area contributed by atoms with E-state index in [0.717, 1.165) is 5.69 Å². The van der Waals surface area contributed by atoms with Crippen LogP contribution >= 0.6 is 0 Å². The molecule has 0 radical (unpaired) electrons. The fraction of sp³-hybridized carbons (Fsp3) is 0.294. The van der Waals surface area contributed by atoms with Gasteiger partial charge in [-0.1, -0.05) is 0 Å². The maximum atomic E-state index is 12.0. The number of rotatable bonds is 6. The second kappa shape index (κ2) is 7.49. The van der Waals surface area contributed by atoms with Gasteiger partial charge < -0.3 is 20.1 Å². The summed E-state index contributed by atoms with van der Waals surface area (Å²) in [6.45, 7) is 3.82. The van der Waals surface area contributed by atoms with Gasteiger partial charge in [-0.3, -0.25) is 9.78 Å². The Hall–Kier alpha value is -2.76. The summed E-state index contributed by atoms with van der Waals surface area (Å²) in [7, 11) is 3.19. The third kappa shape index (κ3) is 4.35. The first kappa shape index (κ1) is 16.6. The molecule has 0 spiro atoms. The van der Waals surface area contributed by atoms with Crippen molar-refractivity contribution in [1.29, 1.82) is 0 Å². The van der Waals surface area contributed by atoms with Crippen molar-refractivity contribution in [3.05, 3.63) is 42.2 Å². The summed E-state index contributed by atoms with van der Waals surface area (Å²) in [4.78, 5) is 16.2. The lowest BCUT2D eigenvalue weighted by Gasteiger charge is -2.13. The first-order valence-corrected chi connectivity index (χ1v) is 7.28. The molecule has 0 fully saturated rings. The average Bonchev–Trinajstić information content (AvgIpc) is 2.55. The van der Waals surface area contributed by atoms with Crippen LogP contribution in [0.15, 0.2) is 36.7 Å². The van der Waals surface area contributed by atoms with Gasteiger partial charge in [0, 0.05) is 18.3 Å². The van der Waals surface area contributed by atoms with Gasteiger partial charge in [0.1, 0.15) is 11.5 Å². The van der Waals surface area contributed by atoms with Crippen LogP contribution < -0.4 is 20.1 Å². The smallest absolute Gasteiger partial charge is 0.253 e. The van der Waals surface area contributed by atoms with Crippen molar-refractivity contribution in [2.24, 2.45) is 0 Å². The van der Waals surface area contributed by atoms with E-state index in [1.807, 2.05) is 26.0 Å². The Morgan fingerprint density at radius 3 is 2.57 bits per heavy atom. The summed E-state index contributed by atoms with van der Waals surface area (Å²) in [5, 5.41) is 6.04. The number of anilines is 2. The average molecular weight is 315 g/mol. The van der Waals surface area contributed by atoms with Crippen LogP contribution in [0, 0.1) is 0 Å². The van der Waals surface area contributed by atoms with Gasteiger partial charge in [0.2, 0.25) is 0 Å². The lowest BCUT2D eigenvalue weighted by Crippen LogP contribution is -2.30. The third-order valence-electron chi connectivity index (χ3n) is 3.11. The molecule has 1 amide bonds. The molecule has 6 nitrogen and oxygen atoms in total. The molecule has 0 saturated heterocycles. The van der Waals surface area contributed by atoms with Gasteiger partial charge in [-0.2, -0.15) is 0 Å². The molecule has 2 aromatic rings. The van der Waals surface area contributed by atoms with E-state index in [2.05, 4.69) is 15.6 Å². The Morgan fingerprint density at radius 1 is 1.13 bits per heavy atom. The molecule has 1 aromatic heterocycles. The number of nitrogens with one attached hydrogen (secondary N) is 2. The van der Waals surface area contributed by atoms with Crippen LogP contribution in [0.5, 0.6) is 11.5 Å². The first-order chi connectivity index (χ1) is 11.0. The van der Waals surface area contributed by atoms with Crippen LogP contribution in [0.1, 0.15) is 24.2 Å². The third-order valence-corrected chi connectivity index (χ3v) is 3.11. The maximum Gasteiger partial charge on any atom is 0.253 e. The molecule has 0 unspecified atom stereocenters. The molecule has 6 heteroatoms. The molecule has 1 aromatic carbocycles. The minimum atomic E-state index is -0.155. The largest absolute Gasteiger partial charge is 0.497 e. The van der Waals surface area contributed by atoms with E-state index in [9.17, 15) is 4.79 Å². The van der Waals surface area contributed by atoms with Crippen molar-refractivity contribution in [3.8, 4) is 11.5 Å². The number of carbonyl (C=O) groups excluding carboxylic acids is 1. The van der Waals surface area contributed by atoms with E-state index in [-0.39, 0.29) is 11.9 Å². The number of amides is 1. The number of benzene rings is 1. The Morgan fingerprint density at radius 2 is 1.91 bits per heavy atom. The van der Waals surface area contributed by atoms with E-state index >= 15 is 0 Å². The number of aromatic nitrogens is 1. The highest BCUT2D eigenvalue weighted by Crippen LogP contribution is 2.31. The SMILES string of the molecule is COc1ccc(Nc2cncc(C(=O)NC(C)C)c2)c(OC)c1. The quantitative estimate of drug-likeness (QED) is 0.857. The van der Waals surface area contributed by atoms with Crippen LogP contribution in [0.3, 0.4) is 0 Å². The molecule has 0 aliphatic carbocycles.